The third-order valence-electron chi connectivity index (χ3n) is 5.01. The number of benzene rings is 1. The van der Waals surface area contributed by atoms with Crippen LogP contribution in [0.2, 0.25) is 0 Å². The van der Waals surface area contributed by atoms with Gasteiger partial charge in [0.05, 0.1) is 16.3 Å². The number of nitrogens with zero attached hydrogens (tertiary/aromatic N) is 1. The lowest BCUT2D eigenvalue weighted by atomic mass is 9.90. The Morgan fingerprint density at radius 2 is 1.77 bits per heavy atom. The first-order valence-corrected chi connectivity index (χ1v) is 9.48. The highest BCUT2D eigenvalue weighted by molar-refractivity contribution is 5.64. The van der Waals surface area contributed by atoms with Gasteiger partial charge in [-0.2, -0.15) is 0 Å². The number of hydrogen-bond donors (Lipinski definition) is 2. The number of allylic oxidation sites excluding steroid dienone is 2. The van der Waals surface area contributed by atoms with Crippen molar-refractivity contribution in [1.29, 1.82) is 0 Å². The Hall–Kier alpha value is -3.56. The average molecular weight is 418 g/mol. The lowest BCUT2D eigenvalue weighted by Gasteiger charge is -2.30. The highest BCUT2D eigenvalue weighted by Gasteiger charge is 2.36. The van der Waals surface area contributed by atoms with E-state index in [1.54, 1.807) is 19.9 Å². The van der Waals surface area contributed by atoms with Gasteiger partial charge in [-0.25, -0.2) is 9.59 Å². The second-order valence-electron chi connectivity index (χ2n) is 7.13. The molecule has 2 N–H and O–H groups in total. The van der Waals surface area contributed by atoms with Crippen LogP contribution in [0, 0.1) is 10.1 Å². The summed E-state index contributed by atoms with van der Waals surface area (Å²) in [4.78, 5) is 34.3. The minimum atomic E-state index is -1.56. The van der Waals surface area contributed by atoms with Gasteiger partial charge < -0.3 is 24.6 Å². The van der Waals surface area contributed by atoms with Gasteiger partial charge in [0.1, 0.15) is 23.5 Å². The van der Waals surface area contributed by atoms with Crippen LogP contribution in [0.1, 0.15) is 51.0 Å². The lowest BCUT2D eigenvalue weighted by Crippen LogP contribution is -2.29. The van der Waals surface area contributed by atoms with E-state index in [1.165, 1.54) is 18.2 Å². The van der Waals surface area contributed by atoms with Crippen molar-refractivity contribution in [3.05, 3.63) is 62.9 Å². The van der Waals surface area contributed by atoms with E-state index in [4.69, 9.17) is 14.2 Å². The first kappa shape index (κ1) is 21.2. The molecule has 0 radical (unpaired) electrons. The molecule has 3 rings (SSSR count). The minimum absolute atomic E-state index is 0.0442. The molecule has 30 heavy (non-hydrogen) atoms. The van der Waals surface area contributed by atoms with E-state index in [1.807, 2.05) is 0 Å². The summed E-state index contributed by atoms with van der Waals surface area (Å²) in [5, 5.41) is 23.3. The van der Waals surface area contributed by atoms with Crippen molar-refractivity contribution in [2.45, 2.75) is 51.6 Å². The Morgan fingerprint density at radius 3 is 2.37 bits per heavy atom. The molecule has 160 valence electrons. The molecule has 1 heterocycles. The van der Waals surface area contributed by atoms with Crippen molar-refractivity contribution in [2.24, 2.45) is 0 Å². The molecule has 10 nitrogen and oxygen atoms in total. The van der Waals surface area contributed by atoms with Gasteiger partial charge in [-0.3, -0.25) is 10.1 Å². The van der Waals surface area contributed by atoms with E-state index in [9.17, 15) is 24.8 Å². The normalized spacial score (nSPS) is 19.3. The Bertz CT molecular complexity index is 930. The maximum absolute atomic E-state index is 12.4. The van der Waals surface area contributed by atoms with Crippen molar-refractivity contribution in [3.8, 4) is 0 Å². The molecule has 1 unspecified atom stereocenters. The summed E-state index contributed by atoms with van der Waals surface area (Å²) in [7, 11) is 0. The van der Waals surface area contributed by atoms with Crippen LogP contribution < -0.4 is 5.32 Å². The van der Waals surface area contributed by atoms with E-state index in [0.717, 1.165) is 25.7 Å². The second kappa shape index (κ2) is 8.85. The van der Waals surface area contributed by atoms with Crippen LogP contribution in [0.5, 0.6) is 0 Å². The minimum Gasteiger partial charge on any atom is -0.449 e. The van der Waals surface area contributed by atoms with Crippen molar-refractivity contribution < 1.29 is 33.8 Å². The SMILES string of the molecule is CC1=C(OC(=O)O)C(c2cccc([N+](=O)[O-])c2)C(OC(=O)OC2CCCC2)=C(C)N1. The number of rotatable bonds is 5. The summed E-state index contributed by atoms with van der Waals surface area (Å²) < 4.78 is 15.8. The lowest BCUT2D eigenvalue weighted by molar-refractivity contribution is -0.384. The van der Waals surface area contributed by atoms with E-state index >= 15 is 0 Å². The van der Waals surface area contributed by atoms with Gasteiger partial charge in [-0.1, -0.05) is 12.1 Å². The molecule has 0 bridgehead atoms. The second-order valence-corrected chi connectivity index (χ2v) is 7.13. The number of nitrogens with one attached hydrogen (secondary N) is 1. The Kier molecular flexibility index (Phi) is 6.24. The number of hydrogen-bond acceptors (Lipinski definition) is 8. The topological polar surface area (TPSA) is 137 Å². The van der Waals surface area contributed by atoms with Crippen molar-refractivity contribution in [2.75, 3.05) is 0 Å². The van der Waals surface area contributed by atoms with Gasteiger partial charge in [-0.05, 0) is 45.1 Å². The molecule has 0 aromatic heterocycles. The zero-order chi connectivity index (χ0) is 21.8. The Balaban J connectivity index is 1.98. The van der Waals surface area contributed by atoms with Crippen molar-refractivity contribution in [1.82, 2.24) is 5.32 Å². The summed E-state index contributed by atoms with van der Waals surface area (Å²) in [5.74, 6) is -0.976. The van der Waals surface area contributed by atoms with Gasteiger partial charge in [0, 0.05) is 12.1 Å². The number of non-ortho nitro benzene ring substituents is 1. The predicted octanol–water partition coefficient (Wildman–Crippen LogP) is 4.54. The molecule has 1 saturated carbocycles. The fraction of sp³-hybridized carbons (Fsp3) is 0.400. The van der Waals surface area contributed by atoms with Crippen LogP contribution in [-0.4, -0.2) is 28.4 Å². The largest absolute Gasteiger partial charge is 0.513 e. The average Bonchev–Trinajstić information content (AvgIpc) is 3.18. The summed E-state index contributed by atoms with van der Waals surface area (Å²) in [6.07, 6.45) is 0.750. The summed E-state index contributed by atoms with van der Waals surface area (Å²) >= 11 is 0. The van der Waals surface area contributed by atoms with Crippen LogP contribution in [0.25, 0.3) is 0 Å². The first-order valence-electron chi connectivity index (χ1n) is 9.48. The third kappa shape index (κ3) is 4.70. The van der Waals surface area contributed by atoms with Crippen LogP contribution >= 0.6 is 0 Å². The fourth-order valence-corrected chi connectivity index (χ4v) is 3.70. The highest BCUT2D eigenvalue weighted by atomic mass is 16.7. The van der Waals surface area contributed by atoms with Crippen molar-refractivity contribution >= 4 is 18.0 Å². The molecule has 0 saturated heterocycles. The maximum Gasteiger partial charge on any atom is 0.513 e. The van der Waals surface area contributed by atoms with Gasteiger partial charge in [-0.15, -0.1) is 0 Å². The zero-order valence-electron chi connectivity index (χ0n) is 16.5. The highest BCUT2D eigenvalue weighted by Crippen LogP contribution is 2.40. The molecule has 1 aromatic carbocycles. The quantitative estimate of drug-likeness (QED) is 0.401. The number of carbonyl (C=O) groups is 2. The van der Waals surface area contributed by atoms with Gasteiger partial charge in [0.25, 0.3) is 5.69 Å². The van der Waals surface area contributed by atoms with Gasteiger partial charge in [0.2, 0.25) is 0 Å². The molecular weight excluding hydrogens is 396 g/mol. The molecule has 0 amide bonds. The molecule has 1 aliphatic carbocycles. The monoisotopic (exact) mass is 418 g/mol. The van der Waals surface area contributed by atoms with Crippen molar-refractivity contribution in [3.63, 3.8) is 0 Å². The summed E-state index contributed by atoms with van der Waals surface area (Å²) in [6, 6.07) is 5.63. The number of ether oxygens (including phenoxy) is 3. The van der Waals surface area contributed by atoms with Gasteiger partial charge >= 0.3 is 12.3 Å². The molecule has 1 aromatic rings. The van der Waals surface area contributed by atoms with Crippen LogP contribution in [0.3, 0.4) is 0 Å². The molecule has 10 heteroatoms. The summed E-state index contributed by atoms with van der Waals surface area (Å²) in [6.45, 7) is 3.24. The van der Waals surface area contributed by atoms with Crippen LogP contribution in [-0.2, 0) is 14.2 Å². The Labute approximate surface area is 172 Å². The Morgan fingerprint density at radius 1 is 1.13 bits per heavy atom. The maximum atomic E-state index is 12.4. The van der Waals surface area contributed by atoms with E-state index in [0.29, 0.717) is 17.0 Å². The van der Waals surface area contributed by atoms with Crippen LogP contribution in [0.15, 0.2) is 47.2 Å². The van der Waals surface area contributed by atoms with Gasteiger partial charge in [0.15, 0.2) is 0 Å². The van der Waals surface area contributed by atoms with E-state index < -0.39 is 23.2 Å². The van der Waals surface area contributed by atoms with Crippen LogP contribution in [0.4, 0.5) is 15.3 Å². The number of nitro benzene ring substituents is 1. The van der Waals surface area contributed by atoms with E-state index in [2.05, 4.69) is 5.32 Å². The number of dihydropyridines is 1. The summed E-state index contributed by atoms with van der Waals surface area (Å²) in [5.41, 5.74) is 0.959. The molecule has 2 aliphatic rings. The third-order valence-corrected chi connectivity index (χ3v) is 5.01. The standard InChI is InChI=1S/C20H22N2O8/c1-11-17(29-19(23)24)16(13-6-5-7-14(10-13)22(26)27)18(12(2)21-11)30-20(25)28-15-8-3-4-9-15/h5-7,10,15-16,21H,3-4,8-9H2,1-2H3,(H,23,24). The van der Waals surface area contributed by atoms with E-state index in [-0.39, 0.29) is 23.3 Å². The number of carbonyl (C=O) groups excluding carboxylic acids is 1. The molecule has 1 atom stereocenters. The zero-order valence-corrected chi connectivity index (χ0v) is 16.5. The predicted molar refractivity (Wildman–Crippen MR) is 103 cm³/mol. The fourth-order valence-electron chi connectivity index (χ4n) is 3.70. The molecule has 1 aliphatic heterocycles. The first-order chi connectivity index (χ1) is 14.3. The molecular formula is C20H22N2O8. The number of nitro groups is 1. The molecule has 1 fully saturated rings. The molecule has 0 spiro atoms. The number of carboxylic acid groups (broad SMARTS) is 1. The smallest absolute Gasteiger partial charge is 0.449 e.